The first-order valence-electron chi connectivity index (χ1n) is 10.2. The van der Waals surface area contributed by atoms with Crippen molar-refractivity contribution < 1.29 is 9.47 Å². The quantitative estimate of drug-likeness (QED) is 0.618. The second-order valence-corrected chi connectivity index (χ2v) is 8.38. The molecule has 1 atom stereocenters. The third-order valence-electron chi connectivity index (χ3n) is 5.21. The van der Waals surface area contributed by atoms with Crippen molar-refractivity contribution in [2.24, 2.45) is 0 Å². The molecular formula is C21H27N5O3S. The lowest BCUT2D eigenvalue weighted by Gasteiger charge is -2.33. The SMILES string of the molecule is CCCc1cc(=O)n2nc(N3CCCC(Nc4cc(OC)cc(OC)c4)C3)sc2n1. The van der Waals surface area contributed by atoms with Crippen LogP contribution in [0.25, 0.3) is 4.96 Å². The number of piperidine rings is 1. The second-order valence-electron chi connectivity index (χ2n) is 7.45. The van der Waals surface area contributed by atoms with Gasteiger partial charge in [0, 0.05) is 54.8 Å². The molecule has 0 radical (unpaired) electrons. The molecule has 0 saturated carbocycles. The summed E-state index contributed by atoms with van der Waals surface area (Å²) in [4.78, 5) is 19.9. The third kappa shape index (κ3) is 4.35. The lowest BCUT2D eigenvalue weighted by atomic mass is 10.1. The Balaban J connectivity index is 1.53. The maximum atomic E-state index is 12.4. The minimum Gasteiger partial charge on any atom is -0.497 e. The van der Waals surface area contributed by atoms with Crippen LogP contribution in [0.1, 0.15) is 31.9 Å². The molecule has 8 nitrogen and oxygen atoms in total. The lowest BCUT2D eigenvalue weighted by Crippen LogP contribution is -2.42. The summed E-state index contributed by atoms with van der Waals surface area (Å²) in [5, 5.41) is 8.98. The molecule has 1 N–H and O–H groups in total. The number of hydrogen-bond acceptors (Lipinski definition) is 8. The molecule has 1 aliphatic rings. The van der Waals surface area contributed by atoms with Crippen molar-refractivity contribution in [3.63, 3.8) is 0 Å². The van der Waals surface area contributed by atoms with Gasteiger partial charge in [-0.2, -0.15) is 4.52 Å². The highest BCUT2D eigenvalue weighted by atomic mass is 32.1. The van der Waals surface area contributed by atoms with Crippen LogP contribution in [-0.2, 0) is 6.42 Å². The van der Waals surface area contributed by atoms with Crippen molar-refractivity contribution in [1.82, 2.24) is 14.6 Å². The average molecular weight is 430 g/mol. The predicted octanol–water partition coefficient (Wildman–Crippen LogP) is 3.20. The molecule has 160 valence electrons. The first-order valence-corrected chi connectivity index (χ1v) is 11.1. The smallest absolute Gasteiger partial charge is 0.275 e. The van der Waals surface area contributed by atoms with E-state index in [0.717, 1.165) is 66.8 Å². The number of nitrogens with zero attached hydrogens (tertiary/aromatic N) is 4. The molecule has 0 bridgehead atoms. The minimum atomic E-state index is -0.110. The summed E-state index contributed by atoms with van der Waals surface area (Å²) >= 11 is 1.48. The Morgan fingerprint density at radius 2 is 1.97 bits per heavy atom. The maximum absolute atomic E-state index is 12.4. The van der Waals surface area contributed by atoms with Gasteiger partial charge >= 0.3 is 0 Å². The van der Waals surface area contributed by atoms with Gasteiger partial charge in [0.25, 0.3) is 5.56 Å². The van der Waals surface area contributed by atoms with Gasteiger partial charge in [-0.25, -0.2) is 4.98 Å². The molecule has 1 saturated heterocycles. The normalized spacial score (nSPS) is 16.6. The summed E-state index contributed by atoms with van der Waals surface area (Å²) in [6, 6.07) is 7.65. The highest BCUT2D eigenvalue weighted by Gasteiger charge is 2.23. The Morgan fingerprint density at radius 1 is 1.20 bits per heavy atom. The minimum absolute atomic E-state index is 0.110. The highest BCUT2D eigenvalue weighted by molar-refractivity contribution is 7.20. The molecule has 9 heteroatoms. The van der Waals surface area contributed by atoms with Crippen molar-refractivity contribution in [2.45, 2.75) is 38.6 Å². The number of aromatic nitrogens is 3. The summed E-state index contributed by atoms with van der Waals surface area (Å²) in [6.45, 7) is 3.80. The number of nitrogens with one attached hydrogen (secondary N) is 1. The fourth-order valence-electron chi connectivity index (χ4n) is 3.75. The molecule has 3 aromatic rings. The van der Waals surface area contributed by atoms with E-state index in [4.69, 9.17) is 9.47 Å². The van der Waals surface area contributed by atoms with Crippen molar-refractivity contribution in [2.75, 3.05) is 37.5 Å². The zero-order valence-corrected chi connectivity index (χ0v) is 18.4. The Kier molecular flexibility index (Phi) is 6.08. The molecule has 0 spiro atoms. The van der Waals surface area contributed by atoms with Crippen LogP contribution in [0.4, 0.5) is 10.8 Å². The maximum Gasteiger partial charge on any atom is 0.275 e. The van der Waals surface area contributed by atoms with E-state index in [0.29, 0.717) is 4.96 Å². The molecule has 1 aromatic carbocycles. The standard InChI is InChI=1S/C21H27N5O3S/c1-4-6-14-11-19(27)26-20(23-14)30-21(24-26)25-8-5-7-15(13-25)22-16-9-17(28-2)12-18(10-16)29-3/h9-12,15,22H,4-8,13H2,1-3H3. The fourth-order valence-corrected chi connectivity index (χ4v) is 4.71. The molecule has 2 aromatic heterocycles. The Hall–Kier alpha value is -2.81. The molecule has 1 fully saturated rings. The van der Waals surface area contributed by atoms with Crippen LogP contribution in [0.15, 0.2) is 29.1 Å². The van der Waals surface area contributed by atoms with Gasteiger partial charge in [0.15, 0.2) is 0 Å². The first-order chi connectivity index (χ1) is 14.6. The number of rotatable bonds is 7. The van der Waals surface area contributed by atoms with Crippen molar-refractivity contribution >= 4 is 27.1 Å². The summed E-state index contributed by atoms with van der Waals surface area (Å²) in [5.41, 5.74) is 1.69. The van der Waals surface area contributed by atoms with Gasteiger partial charge in [-0.15, -0.1) is 5.10 Å². The Labute approximate surface area is 179 Å². The number of anilines is 2. The van der Waals surface area contributed by atoms with Gasteiger partial charge in [0.1, 0.15) is 11.5 Å². The number of fused-ring (bicyclic) bond motifs is 1. The first kappa shape index (κ1) is 20.5. The van der Waals surface area contributed by atoms with Crippen LogP contribution in [0.2, 0.25) is 0 Å². The summed E-state index contributed by atoms with van der Waals surface area (Å²) in [5.74, 6) is 1.51. The highest BCUT2D eigenvalue weighted by Crippen LogP contribution is 2.29. The van der Waals surface area contributed by atoms with E-state index in [1.165, 1.54) is 15.9 Å². The molecule has 0 aliphatic carbocycles. The largest absolute Gasteiger partial charge is 0.497 e. The van der Waals surface area contributed by atoms with E-state index in [1.54, 1.807) is 20.3 Å². The fraction of sp³-hybridized carbons (Fsp3) is 0.476. The molecule has 4 rings (SSSR count). The molecule has 1 aliphatic heterocycles. The van der Waals surface area contributed by atoms with Crippen LogP contribution in [-0.4, -0.2) is 47.9 Å². The van der Waals surface area contributed by atoms with E-state index in [2.05, 4.69) is 27.2 Å². The Morgan fingerprint density at radius 3 is 2.67 bits per heavy atom. The van der Waals surface area contributed by atoms with E-state index in [9.17, 15) is 4.79 Å². The number of hydrogen-bond donors (Lipinski definition) is 1. The van der Waals surface area contributed by atoms with Crippen LogP contribution >= 0.6 is 11.3 Å². The van der Waals surface area contributed by atoms with E-state index in [1.807, 2.05) is 18.2 Å². The number of methoxy groups -OCH3 is 2. The van der Waals surface area contributed by atoms with Gasteiger partial charge in [-0.3, -0.25) is 4.79 Å². The van der Waals surface area contributed by atoms with Crippen LogP contribution < -0.4 is 25.2 Å². The number of benzene rings is 1. The van der Waals surface area contributed by atoms with Crippen molar-refractivity contribution in [3.8, 4) is 11.5 Å². The van der Waals surface area contributed by atoms with Crippen molar-refractivity contribution in [3.05, 3.63) is 40.3 Å². The van der Waals surface area contributed by atoms with Gasteiger partial charge in [-0.05, 0) is 19.3 Å². The summed E-state index contributed by atoms with van der Waals surface area (Å²) < 4.78 is 12.2. The molecule has 0 amide bonds. The van der Waals surface area contributed by atoms with Crippen LogP contribution in [0.3, 0.4) is 0 Å². The molecule has 30 heavy (non-hydrogen) atoms. The Bertz CT molecular complexity index is 1060. The zero-order chi connectivity index (χ0) is 21.1. The van der Waals surface area contributed by atoms with Gasteiger partial charge in [-0.1, -0.05) is 24.7 Å². The van der Waals surface area contributed by atoms with E-state index >= 15 is 0 Å². The van der Waals surface area contributed by atoms with Gasteiger partial charge in [0.2, 0.25) is 10.1 Å². The summed E-state index contributed by atoms with van der Waals surface area (Å²) in [6.07, 6.45) is 3.86. The van der Waals surface area contributed by atoms with E-state index in [-0.39, 0.29) is 11.6 Å². The van der Waals surface area contributed by atoms with E-state index < -0.39 is 0 Å². The average Bonchev–Trinajstić information content (AvgIpc) is 3.19. The van der Waals surface area contributed by atoms with Crippen LogP contribution in [0, 0.1) is 0 Å². The van der Waals surface area contributed by atoms with Crippen LogP contribution in [0.5, 0.6) is 11.5 Å². The molecule has 3 heterocycles. The number of aryl methyl sites for hydroxylation is 1. The van der Waals surface area contributed by atoms with Gasteiger partial charge < -0.3 is 19.7 Å². The topological polar surface area (TPSA) is 81.0 Å². The second kappa shape index (κ2) is 8.91. The van der Waals surface area contributed by atoms with Crippen molar-refractivity contribution in [1.29, 1.82) is 0 Å². The van der Waals surface area contributed by atoms with Gasteiger partial charge in [0.05, 0.1) is 14.2 Å². The monoisotopic (exact) mass is 429 g/mol. The predicted molar refractivity (Wildman–Crippen MR) is 120 cm³/mol. The third-order valence-corrected chi connectivity index (χ3v) is 6.18. The summed E-state index contributed by atoms with van der Waals surface area (Å²) in [7, 11) is 3.30. The zero-order valence-electron chi connectivity index (χ0n) is 17.6. The molecular weight excluding hydrogens is 402 g/mol. The number of ether oxygens (including phenoxy) is 2. The lowest BCUT2D eigenvalue weighted by molar-refractivity contribution is 0.394. The molecule has 1 unspecified atom stereocenters.